The van der Waals surface area contributed by atoms with E-state index in [1.54, 1.807) is 0 Å². The molecule has 0 aromatic heterocycles. The fourth-order valence-corrected chi connectivity index (χ4v) is 1.93. The van der Waals surface area contributed by atoms with E-state index in [0.717, 1.165) is 38.6 Å². The molecule has 1 amide bonds. The number of benzene rings is 1. The summed E-state index contributed by atoms with van der Waals surface area (Å²) in [6, 6.07) is 6.69. The molecule has 1 rings (SSSR count). The average Bonchev–Trinajstić information content (AvgIpc) is 2.39. The molecule has 0 fully saturated rings. The summed E-state index contributed by atoms with van der Waals surface area (Å²) in [4.78, 5) is 10.9. The highest BCUT2D eigenvalue weighted by Gasteiger charge is 1.97. The van der Waals surface area contributed by atoms with Crippen LogP contribution in [-0.4, -0.2) is 17.8 Å². The van der Waals surface area contributed by atoms with Crippen molar-refractivity contribution in [2.45, 2.75) is 32.1 Å². The van der Waals surface area contributed by atoms with E-state index in [4.69, 9.17) is 0 Å². The maximum absolute atomic E-state index is 12.7. The van der Waals surface area contributed by atoms with E-state index in [-0.39, 0.29) is 11.7 Å². The van der Waals surface area contributed by atoms with Gasteiger partial charge in [-0.1, -0.05) is 40.9 Å². The Labute approximate surface area is 116 Å². The van der Waals surface area contributed by atoms with Gasteiger partial charge in [-0.15, -0.1) is 0 Å². The zero-order valence-electron chi connectivity index (χ0n) is 10.4. The third-order valence-corrected chi connectivity index (χ3v) is 3.26. The van der Waals surface area contributed by atoms with E-state index < -0.39 is 0 Å². The number of halogens is 2. The lowest BCUT2D eigenvalue weighted by atomic mass is 10.1. The van der Waals surface area contributed by atoms with Crippen molar-refractivity contribution in [3.63, 3.8) is 0 Å². The van der Waals surface area contributed by atoms with Crippen molar-refractivity contribution in [2.24, 2.45) is 0 Å². The van der Waals surface area contributed by atoms with Crippen molar-refractivity contribution in [1.29, 1.82) is 0 Å². The van der Waals surface area contributed by atoms with Crippen molar-refractivity contribution in [2.75, 3.05) is 11.9 Å². The first-order chi connectivity index (χ1) is 8.72. The number of carbonyl (C=O) groups excluding carboxylic acids is 1. The average molecular weight is 316 g/mol. The lowest BCUT2D eigenvalue weighted by Gasteiger charge is -2.04. The first-order valence-electron chi connectivity index (χ1n) is 6.29. The van der Waals surface area contributed by atoms with Crippen LogP contribution in [0.1, 0.15) is 31.2 Å². The quantitative estimate of drug-likeness (QED) is 0.578. The predicted molar refractivity (Wildman–Crippen MR) is 75.4 cm³/mol. The second-order valence-electron chi connectivity index (χ2n) is 4.27. The zero-order chi connectivity index (χ0) is 13.2. The van der Waals surface area contributed by atoms with Crippen LogP contribution in [0.2, 0.25) is 0 Å². The number of rotatable bonds is 8. The van der Waals surface area contributed by atoms with Gasteiger partial charge in [0.1, 0.15) is 5.82 Å². The molecule has 0 radical (unpaired) electrons. The summed E-state index contributed by atoms with van der Waals surface area (Å²) in [6.45, 7) is 0.751. The Kier molecular flexibility index (Phi) is 7.65. The minimum Gasteiger partial charge on any atom is -0.355 e. The predicted octanol–water partition coefficient (Wildman–Crippen LogP) is 3.44. The molecule has 1 aromatic rings. The van der Waals surface area contributed by atoms with Gasteiger partial charge in [-0.25, -0.2) is 4.39 Å². The summed E-state index contributed by atoms with van der Waals surface area (Å²) in [6.07, 6.45) is 5.37. The minimum atomic E-state index is -0.179. The fourth-order valence-electron chi connectivity index (χ4n) is 1.73. The number of carbonyl (C=O) groups is 1. The molecule has 100 valence electrons. The molecule has 0 saturated heterocycles. The van der Waals surface area contributed by atoms with E-state index in [9.17, 15) is 9.18 Å². The van der Waals surface area contributed by atoms with Gasteiger partial charge in [-0.3, -0.25) is 4.79 Å². The summed E-state index contributed by atoms with van der Waals surface area (Å²) in [5.41, 5.74) is 1.18. The lowest BCUT2D eigenvalue weighted by Crippen LogP contribution is -2.25. The van der Waals surface area contributed by atoms with Gasteiger partial charge in [0.25, 0.3) is 0 Å². The minimum absolute atomic E-state index is 0.0429. The van der Waals surface area contributed by atoms with Crippen molar-refractivity contribution in [1.82, 2.24) is 5.32 Å². The van der Waals surface area contributed by atoms with Gasteiger partial charge in [-0.05, 0) is 37.0 Å². The molecule has 18 heavy (non-hydrogen) atoms. The van der Waals surface area contributed by atoms with Crippen LogP contribution in [-0.2, 0) is 11.2 Å². The Morgan fingerprint density at radius 2 is 1.78 bits per heavy atom. The molecule has 4 heteroatoms. The van der Waals surface area contributed by atoms with Gasteiger partial charge < -0.3 is 5.32 Å². The highest BCUT2D eigenvalue weighted by atomic mass is 79.9. The van der Waals surface area contributed by atoms with Crippen LogP contribution in [0.3, 0.4) is 0 Å². The fraction of sp³-hybridized carbons (Fsp3) is 0.500. The molecular formula is C14H19BrFNO. The largest absolute Gasteiger partial charge is 0.355 e. The normalized spacial score (nSPS) is 10.3. The Morgan fingerprint density at radius 3 is 2.44 bits per heavy atom. The molecule has 1 N–H and O–H groups in total. The maximum Gasteiger partial charge on any atom is 0.230 e. The van der Waals surface area contributed by atoms with Crippen LogP contribution in [0.25, 0.3) is 0 Å². The summed E-state index contributed by atoms with van der Waals surface area (Å²) < 4.78 is 12.7. The van der Waals surface area contributed by atoms with E-state index in [1.165, 1.54) is 17.7 Å². The summed E-state index contributed by atoms with van der Waals surface area (Å²) in [5.74, 6) is -0.136. The van der Waals surface area contributed by atoms with Crippen molar-refractivity contribution < 1.29 is 9.18 Å². The van der Waals surface area contributed by atoms with E-state index in [0.29, 0.717) is 5.33 Å². The van der Waals surface area contributed by atoms with Crippen LogP contribution < -0.4 is 5.32 Å². The van der Waals surface area contributed by atoms with E-state index >= 15 is 0 Å². The molecule has 0 aliphatic rings. The molecule has 0 saturated carbocycles. The summed E-state index contributed by atoms with van der Waals surface area (Å²) in [5, 5.41) is 3.19. The SMILES string of the molecule is O=C(CBr)NCCCCCCc1ccc(F)cc1. The summed E-state index contributed by atoms with van der Waals surface area (Å²) >= 11 is 3.10. The lowest BCUT2D eigenvalue weighted by molar-refractivity contribution is -0.118. The van der Waals surface area contributed by atoms with Crippen molar-refractivity contribution in [3.8, 4) is 0 Å². The van der Waals surface area contributed by atoms with Gasteiger partial charge >= 0.3 is 0 Å². The first-order valence-corrected chi connectivity index (χ1v) is 7.41. The second-order valence-corrected chi connectivity index (χ2v) is 4.83. The van der Waals surface area contributed by atoms with Crippen LogP contribution in [0.5, 0.6) is 0 Å². The van der Waals surface area contributed by atoms with Gasteiger partial charge in [0.05, 0.1) is 5.33 Å². The number of nitrogens with one attached hydrogen (secondary N) is 1. The van der Waals surface area contributed by atoms with E-state index in [1.807, 2.05) is 12.1 Å². The first kappa shape index (κ1) is 15.2. The molecule has 2 nitrogen and oxygen atoms in total. The third-order valence-electron chi connectivity index (χ3n) is 2.75. The molecule has 0 atom stereocenters. The van der Waals surface area contributed by atoms with Gasteiger partial charge in [-0.2, -0.15) is 0 Å². The Morgan fingerprint density at radius 1 is 1.11 bits per heavy atom. The number of hydrogen-bond donors (Lipinski definition) is 1. The summed E-state index contributed by atoms with van der Waals surface area (Å²) in [7, 11) is 0. The molecule has 0 aliphatic heterocycles. The van der Waals surface area contributed by atoms with Crippen LogP contribution in [0.4, 0.5) is 4.39 Å². The number of amides is 1. The molecule has 0 aliphatic carbocycles. The highest BCUT2D eigenvalue weighted by Crippen LogP contribution is 2.08. The standard InChI is InChI=1S/C14H19BrFNO/c15-11-14(18)17-10-4-2-1-3-5-12-6-8-13(16)9-7-12/h6-9H,1-5,10-11H2,(H,17,18). The van der Waals surface area contributed by atoms with Crippen LogP contribution >= 0.6 is 15.9 Å². The molecule has 0 spiro atoms. The number of hydrogen-bond acceptors (Lipinski definition) is 1. The van der Waals surface area contributed by atoms with Gasteiger partial charge in [0, 0.05) is 6.54 Å². The van der Waals surface area contributed by atoms with Gasteiger partial charge in [0.2, 0.25) is 5.91 Å². The van der Waals surface area contributed by atoms with Crippen molar-refractivity contribution >= 4 is 21.8 Å². The monoisotopic (exact) mass is 315 g/mol. The topological polar surface area (TPSA) is 29.1 Å². The molecular weight excluding hydrogens is 297 g/mol. The number of alkyl halides is 1. The Bertz CT molecular complexity index is 353. The molecule has 0 bridgehead atoms. The number of unbranched alkanes of at least 4 members (excludes halogenated alkanes) is 3. The van der Waals surface area contributed by atoms with Crippen molar-refractivity contribution in [3.05, 3.63) is 35.6 Å². The Balaban J connectivity index is 1.99. The number of aryl methyl sites for hydroxylation is 1. The highest BCUT2D eigenvalue weighted by molar-refractivity contribution is 9.09. The molecule has 0 unspecified atom stereocenters. The Hall–Kier alpha value is -0.900. The van der Waals surface area contributed by atoms with Crippen LogP contribution in [0, 0.1) is 5.82 Å². The maximum atomic E-state index is 12.7. The van der Waals surface area contributed by atoms with Gasteiger partial charge in [0.15, 0.2) is 0 Å². The van der Waals surface area contributed by atoms with Crippen LogP contribution in [0.15, 0.2) is 24.3 Å². The van der Waals surface area contributed by atoms with E-state index in [2.05, 4.69) is 21.2 Å². The molecule has 1 aromatic carbocycles. The molecule has 0 heterocycles. The zero-order valence-corrected chi connectivity index (χ0v) is 12.0. The third kappa shape index (κ3) is 6.74. The smallest absolute Gasteiger partial charge is 0.230 e. The second kappa shape index (κ2) is 9.09.